The minimum Gasteiger partial charge on any atom is -0.411 e. The van der Waals surface area contributed by atoms with Gasteiger partial charge < -0.3 is 5.21 Å². The fraction of sp³-hybridized carbons (Fsp3) is 0.174. The van der Waals surface area contributed by atoms with Crippen molar-refractivity contribution in [3.8, 4) is 6.07 Å². The Hall–Kier alpha value is -3.45. The van der Waals surface area contributed by atoms with E-state index in [1.165, 1.54) is 11.1 Å². The number of aromatic nitrogens is 1. The molecule has 0 spiro atoms. The van der Waals surface area contributed by atoms with E-state index < -0.39 is 0 Å². The van der Waals surface area contributed by atoms with Crippen LogP contribution >= 0.6 is 0 Å². The van der Waals surface area contributed by atoms with Gasteiger partial charge in [-0.3, -0.25) is 4.98 Å². The Morgan fingerprint density at radius 2 is 1.85 bits per heavy atom. The lowest BCUT2D eigenvalue weighted by Gasteiger charge is -2.21. The molecule has 134 valence electrons. The van der Waals surface area contributed by atoms with E-state index in [1.54, 1.807) is 6.20 Å². The smallest absolute Gasteiger partial charge is 0.0991 e. The second kappa shape index (κ2) is 8.29. The van der Waals surface area contributed by atoms with Gasteiger partial charge in [-0.05, 0) is 54.8 Å². The molecule has 0 aliphatic carbocycles. The maximum atomic E-state index is 9.69. The highest BCUT2D eigenvalue weighted by Gasteiger charge is 2.20. The highest BCUT2D eigenvalue weighted by molar-refractivity contribution is 6.00. The number of nitrogens with zero attached hydrogens (tertiary/aromatic N) is 3. The van der Waals surface area contributed by atoms with Crippen LogP contribution in [0.5, 0.6) is 0 Å². The zero-order valence-electron chi connectivity index (χ0n) is 15.4. The molecular formula is C23H21N3O. The summed E-state index contributed by atoms with van der Waals surface area (Å²) in [7, 11) is 0. The molecule has 1 N–H and O–H groups in total. The van der Waals surface area contributed by atoms with Gasteiger partial charge in [-0.15, -0.1) is 0 Å². The number of nitriles is 1. The van der Waals surface area contributed by atoms with Crippen molar-refractivity contribution in [2.45, 2.75) is 26.2 Å². The summed E-state index contributed by atoms with van der Waals surface area (Å²) in [4.78, 5) is 4.22. The third kappa shape index (κ3) is 4.21. The molecule has 1 atom stereocenters. The van der Waals surface area contributed by atoms with Gasteiger partial charge in [-0.2, -0.15) is 5.26 Å². The molecule has 3 rings (SSSR count). The van der Waals surface area contributed by atoms with Crippen LogP contribution in [0.2, 0.25) is 0 Å². The summed E-state index contributed by atoms with van der Waals surface area (Å²) in [5, 5.41) is 22.4. The molecule has 1 heterocycles. The summed E-state index contributed by atoms with van der Waals surface area (Å²) >= 11 is 0. The van der Waals surface area contributed by atoms with E-state index in [9.17, 15) is 5.21 Å². The molecule has 3 aromatic rings. The first-order chi connectivity index (χ1) is 13.1. The van der Waals surface area contributed by atoms with Gasteiger partial charge in [0, 0.05) is 29.8 Å². The van der Waals surface area contributed by atoms with Crippen LogP contribution in [-0.4, -0.2) is 15.9 Å². The number of aryl methyl sites for hydroxylation is 2. The minimum atomic E-state index is 0.0123. The summed E-state index contributed by atoms with van der Waals surface area (Å²) in [6, 6.07) is 21.8. The zero-order chi connectivity index (χ0) is 19.2. The first-order valence-electron chi connectivity index (χ1n) is 8.82. The molecule has 0 amide bonds. The van der Waals surface area contributed by atoms with Crippen LogP contribution in [0.3, 0.4) is 0 Å². The number of pyridine rings is 1. The largest absolute Gasteiger partial charge is 0.411 e. The number of oxime groups is 1. The lowest BCUT2D eigenvalue weighted by atomic mass is 9.83. The van der Waals surface area contributed by atoms with E-state index in [2.05, 4.69) is 35.3 Å². The van der Waals surface area contributed by atoms with Crippen LogP contribution in [-0.2, 0) is 0 Å². The van der Waals surface area contributed by atoms with Crippen LogP contribution in [0.1, 0.15) is 45.8 Å². The maximum Gasteiger partial charge on any atom is 0.0991 e. The molecule has 27 heavy (non-hydrogen) atoms. The normalized spacial score (nSPS) is 12.4. The summed E-state index contributed by atoms with van der Waals surface area (Å²) in [5.41, 5.74) is 6.40. The fourth-order valence-corrected chi connectivity index (χ4v) is 3.31. The minimum absolute atomic E-state index is 0.0123. The predicted octanol–water partition coefficient (Wildman–Crippen LogP) is 4.97. The monoisotopic (exact) mass is 355 g/mol. The van der Waals surface area contributed by atoms with Crippen molar-refractivity contribution >= 4 is 5.71 Å². The topological polar surface area (TPSA) is 69.3 Å². The Balaban J connectivity index is 2.04. The van der Waals surface area contributed by atoms with Crippen molar-refractivity contribution in [2.75, 3.05) is 0 Å². The highest BCUT2D eigenvalue weighted by atomic mass is 16.4. The molecule has 2 aromatic carbocycles. The van der Waals surface area contributed by atoms with Crippen molar-refractivity contribution in [1.82, 2.24) is 4.98 Å². The number of rotatable bonds is 5. The molecule has 0 aliphatic rings. The number of hydrogen-bond donors (Lipinski definition) is 1. The standard InChI is InChI=1S/C23H21N3O/c1-16-5-3-4-6-21(16)22(19-9-7-18(15-24)8-10-19)14-23(26-27)20-11-12-25-17(2)13-20/h3-13,22,27H,14H2,1-2H3/b26-23+/t22-/m1/s1. The third-order valence-electron chi connectivity index (χ3n) is 4.75. The van der Waals surface area contributed by atoms with Gasteiger partial charge in [-0.1, -0.05) is 41.6 Å². The molecule has 0 unspecified atom stereocenters. The average Bonchev–Trinajstić information content (AvgIpc) is 2.70. The van der Waals surface area contributed by atoms with Crippen LogP contribution < -0.4 is 0 Å². The van der Waals surface area contributed by atoms with Crippen LogP contribution in [0.4, 0.5) is 0 Å². The van der Waals surface area contributed by atoms with Crippen molar-refractivity contribution < 1.29 is 5.21 Å². The van der Waals surface area contributed by atoms with Crippen molar-refractivity contribution in [3.63, 3.8) is 0 Å². The lowest BCUT2D eigenvalue weighted by Crippen LogP contribution is -2.12. The lowest BCUT2D eigenvalue weighted by molar-refractivity contribution is 0.317. The Morgan fingerprint density at radius 3 is 2.48 bits per heavy atom. The summed E-state index contributed by atoms with van der Waals surface area (Å²) in [6.07, 6.45) is 2.26. The van der Waals surface area contributed by atoms with Crippen molar-refractivity contribution in [1.29, 1.82) is 5.26 Å². The van der Waals surface area contributed by atoms with Gasteiger partial charge in [0.25, 0.3) is 0 Å². The van der Waals surface area contributed by atoms with Crippen LogP contribution in [0, 0.1) is 25.2 Å². The Bertz CT molecular complexity index is 1000. The van der Waals surface area contributed by atoms with Crippen LogP contribution in [0.25, 0.3) is 0 Å². The van der Waals surface area contributed by atoms with E-state index >= 15 is 0 Å². The maximum absolute atomic E-state index is 9.69. The molecule has 0 aliphatic heterocycles. The molecule has 1 aromatic heterocycles. The van der Waals surface area contributed by atoms with E-state index in [0.29, 0.717) is 17.7 Å². The third-order valence-corrected chi connectivity index (χ3v) is 4.75. The number of hydrogen-bond acceptors (Lipinski definition) is 4. The quantitative estimate of drug-likeness (QED) is 0.399. The molecule has 4 heteroatoms. The average molecular weight is 355 g/mol. The Kier molecular flexibility index (Phi) is 5.63. The van der Waals surface area contributed by atoms with Crippen LogP contribution in [0.15, 0.2) is 72.0 Å². The van der Waals surface area contributed by atoms with Gasteiger partial charge in [-0.25, -0.2) is 0 Å². The molecule has 0 saturated heterocycles. The molecule has 0 bridgehead atoms. The van der Waals surface area contributed by atoms with Crippen molar-refractivity contribution in [3.05, 3.63) is 100 Å². The van der Waals surface area contributed by atoms with Gasteiger partial charge in [0.15, 0.2) is 0 Å². The van der Waals surface area contributed by atoms with E-state index in [0.717, 1.165) is 16.8 Å². The SMILES string of the molecule is Cc1cc(/C(C[C@H](c2ccc(C#N)cc2)c2ccccc2C)=N/O)ccn1. The zero-order valence-corrected chi connectivity index (χ0v) is 15.4. The van der Waals surface area contributed by atoms with Crippen molar-refractivity contribution in [2.24, 2.45) is 5.16 Å². The molecule has 0 radical (unpaired) electrons. The fourth-order valence-electron chi connectivity index (χ4n) is 3.31. The molecule has 0 saturated carbocycles. The second-order valence-electron chi connectivity index (χ2n) is 6.58. The van der Waals surface area contributed by atoms with E-state index in [4.69, 9.17) is 5.26 Å². The van der Waals surface area contributed by atoms with Gasteiger partial charge in [0.05, 0.1) is 17.3 Å². The van der Waals surface area contributed by atoms with E-state index in [-0.39, 0.29) is 5.92 Å². The Labute approximate surface area is 159 Å². The van der Waals surface area contributed by atoms with Gasteiger partial charge in [0.2, 0.25) is 0 Å². The Morgan fingerprint density at radius 1 is 1.11 bits per heavy atom. The summed E-state index contributed by atoms with van der Waals surface area (Å²) in [5.74, 6) is 0.0123. The first-order valence-corrected chi connectivity index (χ1v) is 8.82. The summed E-state index contributed by atoms with van der Waals surface area (Å²) in [6.45, 7) is 4.00. The van der Waals surface area contributed by atoms with E-state index in [1.807, 2.05) is 55.5 Å². The van der Waals surface area contributed by atoms with Gasteiger partial charge >= 0.3 is 0 Å². The predicted molar refractivity (Wildman–Crippen MR) is 106 cm³/mol. The first kappa shape index (κ1) is 18.3. The number of benzene rings is 2. The molecular weight excluding hydrogens is 334 g/mol. The molecule has 0 fully saturated rings. The summed E-state index contributed by atoms with van der Waals surface area (Å²) < 4.78 is 0. The second-order valence-corrected chi connectivity index (χ2v) is 6.58. The molecule has 4 nitrogen and oxygen atoms in total. The van der Waals surface area contributed by atoms with Gasteiger partial charge in [0.1, 0.15) is 0 Å². The highest BCUT2D eigenvalue weighted by Crippen LogP contribution is 2.32.